The van der Waals surface area contributed by atoms with Crippen LogP contribution in [0.4, 0.5) is 11.4 Å². The van der Waals surface area contributed by atoms with E-state index in [0.29, 0.717) is 0 Å². The van der Waals surface area contributed by atoms with Crippen LogP contribution in [-0.4, -0.2) is 52.6 Å². The number of nitro groups is 1. The first-order valence-electron chi connectivity index (χ1n) is 9.46. The minimum atomic E-state index is -2.23. The third-order valence-corrected chi connectivity index (χ3v) is 4.68. The lowest BCUT2D eigenvalue weighted by Crippen LogP contribution is -2.39. The van der Waals surface area contributed by atoms with E-state index in [2.05, 4.69) is 20.0 Å². The number of benzene rings is 2. The maximum Gasteiger partial charge on any atom is 0.375 e. The Balaban J connectivity index is 2.08. The summed E-state index contributed by atoms with van der Waals surface area (Å²) in [5.41, 5.74) is -2.18. The molecule has 34 heavy (non-hydrogen) atoms. The molecule has 0 radical (unpaired) electrons. The highest BCUT2D eigenvalue weighted by atomic mass is 16.6. The predicted molar refractivity (Wildman–Crippen MR) is 115 cm³/mol. The van der Waals surface area contributed by atoms with Crippen LogP contribution in [0.1, 0.15) is 11.6 Å². The number of ether oxygens (including phenoxy) is 2. The van der Waals surface area contributed by atoms with Gasteiger partial charge in [0.15, 0.2) is 0 Å². The number of hydrogen-bond acceptors (Lipinski definition) is 10. The molecule has 174 valence electrons. The Morgan fingerprint density at radius 2 is 1.79 bits per heavy atom. The fraction of sp³-hybridized carbons (Fsp3) is 0.143. The number of esters is 1. The van der Waals surface area contributed by atoms with Crippen LogP contribution >= 0.6 is 0 Å². The number of ketones is 2. The number of nitrogens with one attached hydrogen (secondary N) is 2. The summed E-state index contributed by atoms with van der Waals surface area (Å²) in [7, 11) is 2.22. The fourth-order valence-corrected chi connectivity index (χ4v) is 3.05. The highest BCUT2D eigenvalue weighted by molar-refractivity contribution is 6.52. The summed E-state index contributed by atoms with van der Waals surface area (Å²) in [6, 6.07) is 9.38. The number of anilines is 1. The number of carbonyl (C=O) groups is 4. The van der Waals surface area contributed by atoms with Crippen molar-refractivity contribution in [3.63, 3.8) is 0 Å². The van der Waals surface area contributed by atoms with Gasteiger partial charge in [-0.1, -0.05) is 12.1 Å². The lowest BCUT2D eigenvalue weighted by atomic mass is 9.94. The van der Waals surface area contributed by atoms with Gasteiger partial charge in [0.2, 0.25) is 5.78 Å². The highest BCUT2D eigenvalue weighted by Crippen LogP contribution is 2.25. The van der Waals surface area contributed by atoms with Gasteiger partial charge in [-0.2, -0.15) is 0 Å². The summed E-state index contributed by atoms with van der Waals surface area (Å²) in [6.07, 6.45) is 0. The zero-order valence-corrected chi connectivity index (χ0v) is 17.7. The predicted octanol–water partition coefficient (Wildman–Crippen LogP) is 0.873. The van der Waals surface area contributed by atoms with E-state index >= 15 is 0 Å². The molecule has 1 aromatic heterocycles. The molecule has 1 heterocycles. The second-order valence-corrected chi connectivity index (χ2v) is 6.72. The van der Waals surface area contributed by atoms with Gasteiger partial charge in [-0.15, -0.1) is 0 Å². The van der Waals surface area contributed by atoms with Crippen molar-refractivity contribution in [1.82, 2.24) is 9.97 Å². The number of H-pyrrole nitrogens is 1. The maximum absolute atomic E-state index is 13.0. The molecule has 1 atom stereocenters. The number of para-hydroxylation sites is 2. The lowest BCUT2D eigenvalue weighted by Gasteiger charge is -2.14. The van der Waals surface area contributed by atoms with Crippen LogP contribution in [0.3, 0.4) is 0 Å². The standard InChI is InChI=1S/C21H16N4O9/c1-33-14-6-4-3-5-12(14)23-20(29)17(26)15(18(27)21(30)34-2)16-19(28)24-13-9-10(25(31)32)7-8-11(13)22-16/h3-9,15H,1-2H3,(H,23,29)(H,24,28)/t15-/m1/s1. The molecule has 3 aromatic rings. The van der Waals surface area contributed by atoms with Crippen LogP contribution in [0.25, 0.3) is 11.0 Å². The third-order valence-electron chi connectivity index (χ3n) is 4.68. The molecule has 0 saturated carbocycles. The van der Waals surface area contributed by atoms with Crippen LogP contribution in [0.5, 0.6) is 5.75 Å². The van der Waals surface area contributed by atoms with Gasteiger partial charge in [0.25, 0.3) is 22.9 Å². The highest BCUT2D eigenvalue weighted by Gasteiger charge is 2.40. The SMILES string of the molecule is COC(=O)C(=O)[C@@H](C(=O)C(=O)Nc1ccccc1OC)c1nc2ccc([N+](=O)[O-])cc2[nH]c1=O. The van der Waals surface area contributed by atoms with Crippen molar-refractivity contribution in [3.8, 4) is 5.75 Å². The Bertz CT molecular complexity index is 1400. The average Bonchev–Trinajstić information content (AvgIpc) is 2.83. The molecule has 0 aliphatic heterocycles. The largest absolute Gasteiger partial charge is 0.495 e. The van der Waals surface area contributed by atoms with E-state index in [-0.39, 0.29) is 28.2 Å². The number of carbonyl (C=O) groups excluding carboxylic acids is 4. The monoisotopic (exact) mass is 468 g/mol. The van der Waals surface area contributed by atoms with Crippen LogP contribution in [0, 0.1) is 10.1 Å². The molecule has 2 N–H and O–H groups in total. The van der Waals surface area contributed by atoms with Crippen molar-refractivity contribution in [2.75, 3.05) is 19.5 Å². The van der Waals surface area contributed by atoms with Gasteiger partial charge in [0, 0.05) is 12.1 Å². The Labute approximate surface area is 189 Å². The zero-order chi connectivity index (χ0) is 25.0. The fourth-order valence-electron chi connectivity index (χ4n) is 3.05. The molecule has 13 heteroatoms. The molecule has 0 fully saturated rings. The van der Waals surface area contributed by atoms with Gasteiger partial charge in [0.1, 0.15) is 17.4 Å². The van der Waals surface area contributed by atoms with E-state index in [1.165, 1.54) is 25.3 Å². The Morgan fingerprint density at radius 3 is 2.44 bits per heavy atom. The number of Topliss-reactive ketones (excluding diaryl/α,β-unsaturated/α-hetero) is 2. The maximum atomic E-state index is 13.0. The molecule has 2 aromatic carbocycles. The van der Waals surface area contributed by atoms with Crippen molar-refractivity contribution in [3.05, 3.63) is 68.6 Å². The molecule has 3 rings (SSSR count). The third kappa shape index (κ3) is 4.62. The molecule has 0 bridgehead atoms. The first kappa shape index (κ1) is 23.7. The topological polar surface area (TPSA) is 188 Å². The van der Waals surface area contributed by atoms with Gasteiger partial charge < -0.3 is 19.8 Å². The van der Waals surface area contributed by atoms with Crippen LogP contribution < -0.4 is 15.6 Å². The summed E-state index contributed by atoms with van der Waals surface area (Å²) in [5, 5.41) is 13.2. The number of aromatic amines is 1. The van der Waals surface area contributed by atoms with Crippen LogP contribution in [-0.2, 0) is 23.9 Å². The van der Waals surface area contributed by atoms with Gasteiger partial charge in [-0.05, 0) is 18.2 Å². The number of nitro benzene ring substituents is 1. The number of nitrogens with zero attached hydrogens (tertiary/aromatic N) is 2. The van der Waals surface area contributed by atoms with Gasteiger partial charge in [0.05, 0.1) is 35.9 Å². The van der Waals surface area contributed by atoms with E-state index in [1.54, 1.807) is 12.1 Å². The minimum absolute atomic E-state index is 0.0270. The average molecular weight is 468 g/mol. The van der Waals surface area contributed by atoms with Crippen LogP contribution in [0.2, 0.25) is 0 Å². The van der Waals surface area contributed by atoms with E-state index in [9.17, 15) is 34.1 Å². The molecule has 0 saturated heterocycles. The molecular formula is C21H16N4O9. The van der Waals surface area contributed by atoms with E-state index < -0.39 is 45.5 Å². The number of aromatic nitrogens is 2. The van der Waals surface area contributed by atoms with Crippen molar-refractivity contribution in [2.45, 2.75) is 5.92 Å². The van der Waals surface area contributed by atoms with E-state index in [0.717, 1.165) is 19.2 Å². The molecule has 0 aliphatic rings. The van der Waals surface area contributed by atoms with Gasteiger partial charge >= 0.3 is 5.97 Å². The first-order valence-corrected chi connectivity index (χ1v) is 9.46. The summed E-state index contributed by atoms with van der Waals surface area (Å²) < 4.78 is 9.45. The molecule has 0 spiro atoms. The molecule has 1 amide bonds. The minimum Gasteiger partial charge on any atom is -0.495 e. The number of hydrogen-bond donors (Lipinski definition) is 2. The van der Waals surface area contributed by atoms with Crippen molar-refractivity contribution < 1.29 is 33.6 Å². The number of fused-ring (bicyclic) bond motifs is 1. The molecule has 0 unspecified atom stereocenters. The second kappa shape index (κ2) is 9.68. The van der Waals surface area contributed by atoms with E-state index in [1.807, 2.05) is 0 Å². The summed E-state index contributed by atoms with van der Waals surface area (Å²) in [4.78, 5) is 79.4. The molecule has 13 nitrogen and oxygen atoms in total. The zero-order valence-electron chi connectivity index (χ0n) is 17.7. The molecular weight excluding hydrogens is 452 g/mol. The lowest BCUT2D eigenvalue weighted by molar-refractivity contribution is -0.384. The summed E-state index contributed by atoms with van der Waals surface area (Å²) in [6.45, 7) is 0. The van der Waals surface area contributed by atoms with Crippen molar-refractivity contribution in [2.24, 2.45) is 0 Å². The van der Waals surface area contributed by atoms with Crippen LogP contribution in [0.15, 0.2) is 47.3 Å². The smallest absolute Gasteiger partial charge is 0.375 e. The normalized spacial score (nSPS) is 11.4. The second-order valence-electron chi connectivity index (χ2n) is 6.72. The Morgan fingerprint density at radius 1 is 1.09 bits per heavy atom. The van der Waals surface area contributed by atoms with Crippen molar-refractivity contribution in [1.29, 1.82) is 0 Å². The number of rotatable bonds is 8. The Kier molecular flexibility index (Phi) is 6.76. The molecule has 0 aliphatic carbocycles. The summed E-state index contributed by atoms with van der Waals surface area (Å²) >= 11 is 0. The van der Waals surface area contributed by atoms with Gasteiger partial charge in [-0.25, -0.2) is 9.78 Å². The van der Waals surface area contributed by atoms with Crippen molar-refractivity contribution >= 4 is 45.9 Å². The number of non-ortho nitro benzene ring substituents is 1. The quantitative estimate of drug-likeness (QED) is 0.158. The number of methoxy groups -OCH3 is 2. The first-order chi connectivity index (χ1) is 16.2. The van der Waals surface area contributed by atoms with Gasteiger partial charge in [-0.3, -0.25) is 29.3 Å². The Hall–Kier alpha value is -4.94. The summed E-state index contributed by atoms with van der Waals surface area (Å²) in [5.74, 6) is -7.78. The number of amides is 1. The van der Waals surface area contributed by atoms with E-state index in [4.69, 9.17) is 4.74 Å².